The molecule has 1 saturated heterocycles. The Morgan fingerprint density at radius 3 is 2.49 bits per heavy atom. The van der Waals surface area contributed by atoms with Gasteiger partial charge in [0.2, 0.25) is 11.8 Å². The van der Waals surface area contributed by atoms with Crippen LogP contribution < -0.4 is 10.5 Å². The Morgan fingerprint density at radius 2 is 1.83 bits per heavy atom. The first-order valence-electron chi connectivity index (χ1n) is 15.3. The van der Waals surface area contributed by atoms with Crippen LogP contribution in [0, 0.1) is 11.3 Å². The van der Waals surface area contributed by atoms with Crippen LogP contribution in [-0.2, 0) is 16.0 Å². The molecule has 41 heavy (non-hydrogen) atoms. The number of Topliss-reactive ketones (excluding diaryl/α,β-unsaturated/α-hetero) is 1. The lowest BCUT2D eigenvalue weighted by molar-refractivity contribution is -0.125. The summed E-state index contributed by atoms with van der Waals surface area (Å²) in [6.45, 7) is 8.38. The van der Waals surface area contributed by atoms with Gasteiger partial charge in [-0.3, -0.25) is 9.59 Å². The number of carbonyl (C=O) groups is 2. The molecule has 3 N–H and O–H groups in total. The number of primary amides is 1. The maximum Gasteiger partial charge on any atom is 0.223 e. The molecule has 8 nitrogen and oxygen atoms in total. The molecule has 224 valence electrons. The number of likely N-dealkylation sites (tertiary alicyclic amines) is 1. The van der Waals surface area contributed by atoms with Crippen LogP contribution in [0.25, 0.3) is 22.2 Å². The van der Waals surface area contributed by atoms with Gasteiger partial charge in [0.25, 0.3) is 0 Å². The van der Waals surface area contributed by atoms with E-state index in [0.29, 0.717) is 35.8 Å². The van der Waals surface area contributed by atoms with Gasteiger partial charge in [0, 0.05) is 44.2 Å². The van der Waals surface area contributed by atoms with E-state index in [-0.39, 0.29) is 5.91 Å². The van der Waals surface area contributed by atoms with E-state index in [9.17, 15) is 9.59 Å². The molecule has 2 aliphatic rings. The molecule has 3 heterocycles. The molecule has 0 atom stereocenters. The van der Waals surface area contributed by atoms with Crippen molar-refractivity contribution in [3.63, 3.8) is 0 Å². The fourth-order valence-electron chi connectivity index (χ4n) is 6.17. The van der Waals surface area contributed by atoms with E-state index in [4.69, 9.17) is 10.5 Å². The van der Waals surface area contributed by atoms with Gasteiger partial charge in [0.1, 0.15) is 11.6 Å². The topological polar surface area (TPSA) is 114 Å². The van der Waals surface area contributed by atoms with E-state index in [1.54, 1.807) is 7.11 Å². The number of carbonyl (C=O) groups excluding carboxylic acids is 2. The maximum absolute atomic E-state index is 11.3. The van der Waals surface area contributed by atoms with E-state index in [1.165, 1.54) is 25.9 Å². The quantitative estimate of drug-likeness (QED) is 0.249. The number of para-hydroxylation sites is 1. The predicted molar refractivity (Wildman–Crippen MR) is 166 cm³/mol. The Bertz CT molecular complexity index is 1260. The Morgan fingerprint density at radius 1 is 1.12 bits per heavy atom. The Hall–Kier alpha value is -3.26. The standard InChI is InChI=1S/C22H27N3O2.C9H16N2O.C2H6/c1-3-17(26)11-6-4-5-7-13-21-23-15-20(24-21)18-14-16-10-8-9-12-19(16)25-22(18)27-2;1-11-5-9(6-11)3-7(4-9)2-8(10)12;1-2/h8-10,12,14-15H,3-7,11,13H2,1-2H3,(H,23,24);7H,2-6H2,1H3,(H2,10,12);1-2H3. The Kier molecular flexibility index (Phi) is 12.3. The number of nitrogens with two attached hydrogens (primary N) is 1. The highest BCUT2D eigenvalue weighted by molar-refractivity contribution is 5.85. The maximum atomic E-state index is 11.3. The number of ether oxygens (including phenoxy) is 1. The van der Waals surface area contributed by atoms with Crippen molar-refractivity contribution >= 4 is 22.6 Å². The molecule has 1 aliphatic heterocycles. The average Bonchev–Trinajstić information content (AvgIpc) is 3.42. The lowest BCUT2D eigenvalue weighted by Gasteiger charge is -2.58. The van der Waals surface area contributed by atoms with Crippen molar-refractivity contribution in [2.75, 3.05) is 27.2 Å². The van der Waals surface area contributed by atoms with E-state index in [0.717, 1.165) is 66.5 Å². The number of pyridine rings is 1. The van der Waals surface area contributed by atoms with Gasteiger partial charge in [-0.05, 0) is 56.2 Å². The van der Waals surface area contributed by atoms with E-state index < -0.39 is 0 Å². The van der Waals surface area contributed by atoms with Gasteiger partial charge in [-0.25, -0.2) is 9.97 Å². The van der Waals surface area contributed by atoms with Crippen molar-refractivity contribution in [3.8, 4) is 17.1 Å². The number of unbranched alkanes of at least 4 members (excludes halogenated alkanes) is 3. The van der Waals surface area contributed by atoms with Crippen molar-refractivity contribution < 1.29 is 14.3 Å². The monoisotopic (exact) mass is 563 g/mol. The lowest BCUT2D eigenvalue weighted by Crippen LogP contribution is -2.60. The van der Waals surface area contributed by atoms with Gasteiger partial charge in [-0.15, -0.1) is 0 Å². The molecule has 8 heteroatoms. The second-order valence-corrected chi connectivity index (χ2v) is 11.4. The van der Waals surface area contributed by atoms with Crippen LogP contribution in [0.4, 0.5) is 0 Å². The number of aryl methyl sites for hydroxylation is 1. The first-order valence-corrected chi connectivity index (χ1v) is 15.3. The van der Waals surface area contributed by atoms with Crippen LogP contribution in [0.3, 0.4) is 0 Å². The highest BCUT2D eigenvalue weighted by atomic mass is 16.5. The van der Waals surface area contributed by atoms with E-state index in [2.05, 4.69) is 33.0 Å². The summed E-state index contributed by atoms with van der Waals surface area (Å²) in [6, 6.07) is 10.1. The third-order valence-corrected chi connectivity index (χ3v) is 7.96. The molecule has 3 aromatic rings. The number of hydrogen-bond donors (Lipinski definition) is 2. The van der Waals surface area contributed by atoms with Crippen LogP contribution >= 0.6 is 0 Å². The minimum absolute atomic E-state index is 0.137. The summed E-state index contributed by atoms with van der Waals surface area (Å²) in [5.41, 5.74) is 8.49. The van der Waals surface area contributed by atoms with Crippen molar-refractivity contribution in [1.82, 2.24) is 19.9 Å². The first-order chi connectivity index (χ1) is 19.8. The second kappa shape index (κ2) is 15.7. The Labute approximate surface area is 245 Å². The zero-order valence-electron chi connectivity index (χ0n) is 25.7. The SMILES string of the molecule is CC.CCC(=O)CCCCCCc1ncc(-c2cc3ccccc3nc2OC)[nH]1.CN1CC2(CC(CC(N)=O)C2)C1. The van der Waals surface area contributed by atoms with E-state index >= 15 is 0 Å². The number of rotatable bonds is 12. The molecule has 1 amide bonds. The van der Waals surface area contributed by atoms with Gasteiger partial charge in [0.05, 0.1) is 30.1 Å². The summed E-state index contributed by atoms with van der Waals surface area (Å²) in [6.07, 6.45) is 11.5. The number of benzene rings is 1. The zero-order valence-corrected chi connectivity index (χ0v) is 25.7. The summed E-state index contributed by atoms with van der Waals surface area (Å²) >= 11 is 0. The molecular weight excluding hydrogens is 514 g/mol. The number of ketones is 1. The molecular formula is C33H49N5O3. The number of nitrogens with zero attached hydrogens (tertiary/aromatic N) is 3. The molecule has 2 fully saturated rings. The number of aromatic nitrogens is 3. The minimum Gasteiger partial charge on any atom is -0.480 e. The van der Waals surface area contributed by atoms with Crippen molar-refractivity contribution in [1.29, 1.82) is 0 Å². The molecule has 0 unspecified atom stereocenters. The van der Waals surface area contributed by atoms with Gasteiger partial charge in [-0.2, -0.15) is 0 Å². The van der Waals surface area contributed by atoms with Crippen LogP contribution in [0.1, 0.15) is 84.4 Å². The number of imidazole rings is 1. The van der Waals surface area contributed by atoms with Crippen molar-refractivity contribution in [2.24, 2.45) is 17.1 Å². The normalized spacial score (nSPS) is 15.6. The summed E-state index contributed by atoms with van der Waals surface area (Å²) in [5, 5.41) is 1.08. The largest absolute Gasteiger partial charge is 0.480 e. The third kappa shape index (κ3) is 9.12. The Balaban J connectivity index is 0.000000274. The van der Waals surface area contributed by atoms with E-state index in [1.807, 2.05) is 51.2 Å². The number of methoxy groups -OCH3 is 1. The molecule has 2 aromatic heterocycles. The van der Waals surface area contributed by atoms with Gasteiger partial charge >= 0.3 is 0 Å². The number of fused-ring (bicyclic) bond motifs is 1. The number of aromatic amines is 1. The predicted octanol–water partition coefficient (Wildman–Crippen LogP) is 6.34. The van der Waals surface area contributed by atoms with Crippen molar-refractivity contribution in [3.05, 3.63) is 42.4 Å². The minimum atomic E-state index is -0.137. The summed E-state index contributed by atoms with van der Waals surface area (Å²) < 4.78 is 5.48. The fourth-order valence-corrected chi connectivity index (χ4v) is 6.17. The highest BCUT2D eigenvalue weighted by Gasteiger charge is 2.50. The molecule has 0 radical (unpaired) electrons. The first kappa shape index (κ1) is 32.3. The number of nitrogens with one attached hydrogen (secondary N) is 1. The lowest BCUT2D eigenvalue weighted by atomic mass is 9.57. The third-order valence-electron chi connectivity index (χ3n) is 7.96. The van der Waals surface area contributed by atoms with Gasteiger partial charge in [-0.1, -0.05) is 51.8 Å². The van der Waals surface area contributed by atoms with Gasteiger partial charge in [0.15, 0.2) is 0 Å². The van der Waals surface area contributed by atoms with Crippen LogP contribution in [0.5, 0.6) is 5.88 Å². The van der Waals surface area contributed by atoms with Crippen LogP contribution in [0.15, 0.2) is 36.5 Å². The van der Waals surface area contributed by atoms with Crippen LogP contribution in [-0.4, -0.2) is 58.8 Å². The summed E-state index contributed by atoms with van der Waals surface area (Å²) in [5.74, 6) is 2.40. The molecule has 0 bridgehead atoms. The number of H-pyrrole nitrogens is 1. The molecule has 1 saturated carbocycles. The van der Waals surface area contributed by atoms with Crippen LogP contribution in [0.2, 0.25) is 0 Å². The van der Waals surface area contributed by atoms with Crippen molar-refractivity contribution in [2.45, 2.75) is 85.0 Å². The number of hydrogen-bond acceptors (Lipinski definition) is 6. The molecule has 1 aromatic carbocycles. The highest BCUT2D eigenvalue weighted by Crippen LogP contribution is 2.52. The molecule has 1 aliphatic carbocycles. The molecule has 1 spiro atoms. The zero-order chi connectivity index (χ0) is 29.8. The smallest absolute Gasteiger partial charge is 0.223 e. The summed E-state index contributed by atoms with van der Waals surface area (Å²) in [7, 11) is 3.79. The molecule has 5 rings (SSSR count). The second-order valence-electron chi connectivity index (χ2n) is 11.4. The number of amides is 1. The average molecular weight is 564 g/mol. The fraction of sp³-hybridized carbons (Fsp3) is 0.576. The summed E-state index contributed by atoms with van der Waals surface area (Å²) in [4.78, 5) is 36.8. The van der Waals surface area contributed by atoms with Gasteiger partial charge < -0.3 is 20.4 Å².